The van der Waals surface area contributed by atoms with Crippen LogP contribution in [0.2, 0.25) is 0 Å². The van der Waals surface area contributed by atoms with E-state index >= 15 is 0 Å². The Morgan fingerprint density at radius 3 is 2.86 bits per heavy atom. The number of aromatic nitrogens is 1. The molecule has 7 heteroatoms. The maximum Gasteiger partial charge on any atom is 0.303 e. The van der Waals surface area contributed by atoms with Gasteiger partial charge in [0.1, 0.15) is 5.52 Å². The van der Waals surface area contributed by atoms with Crippen molar-refractivity contribution in [3.63, 3.8) is 0 Å². The topological polar surface area (TPSA) is 105 Å². The minimum absolute atomic E-state index is 0.0227. The Morgan fingerprint density at radius 1 is 1.33 bits per heavy atom. The Bertz CT molecular complexity index is 672. The molecule has 0 bridgehead atoms. The molecule has 21 heavy (non-hydrogen) atoms. The molecule has 0 unspecified atom stereocenters. The number of rotatable bonds is 7. The SMILES string of the molecule is O=C(O)CCCCNc1ccc([N+](=O)[O-])c2cccnc12. The predicted molar refractivity (Wildman–Crippen MR) is 78.4 cm³/mol. The highest BCUT2D eigenvalue weighted by atomic mass is 16.6. The van der Waals surface area contributed by atoms with Gasteiger partial charge in [0, 0.05) is 25.2 Å². The van der Waals surface area contributed by atoms with Gasteiger partial charge in [0.15, 0.2) is 0 Å². The number of nitrogens with zero attached hydrogens (tertiary/aromatic N) is 2. The van der Waals surface area contributed by atoms with Crippen LogP contribution in [0.3, 0.4) is 0 Å². The summed E-state index contributed by atoms with van der Waals surface area (Å²) in [5.41, 5.74) is 1.28. The quantitative estimate of drug-likeness (QED) is 0.461. The molecular weight excluding hydrogens is 274 g/mol. The van der Waals surface area contributed by atoms with Gasteiger partial charge < -0.3 is 10.4 Å². The minimum Gasteiger partial charge on any atom is -0.481 e. The standard InChI is InChI=1S/C14H15N3O4/c18-13(19)5-1-2-8-15-11-6-7-12(17(20)21)10-4-3-9-16-14(10)11/h3-4,6-7,9,15H,1-2,5,8H2,(H,18,19). The van der Waals surface area contributed by atoms with Crippen molar-refractivity contribution in [2.45, 2.75) is 19.3 Å². The van der Waals surface area contributed by atoms with Crippen LogP contribution < -0.4 is 5.32 Å². The van der Waals surface area contributed by atoms with Crippen molar-refractivity contribution in [1.29, 1.82) is 0 Å². The molecule has 110 valence electrons. The monoisotopic (exact) mass is 289 g/mol. The molecule has 2 N–H and O–H groups in total. The zero-order valence-corrected chi connectivity index (χ0v) is 11.3. The number of benzene rings is 1. The van der Waals surface area contributed by atoms with E-state index in [0.717, 1.165) is 0 Å². The maximum atomic E-state index is 11.0. The number of nitrogens with one attached hydrogen (secondary N) is 1. The molecule has 0 amide bonds. The number of nitro benzene ring substituents is 1. The van der Waals surface area contributed by atoms with Crippen LogP contribution in [-0.4, -0.2) is 27.5 Å². The van der Waals surface area contributed by atoms with E-state index < -0.39 is 10.9 Å². The third-order valence-corrected chi connectivity index (χ3v) is 3.08. The van der Waals surface area contributed by atoms with Crippen LogP contribution in [-0.2, 0) is 4.79 Å². The number of hydrogen-bond acceptors (Lipinski definition) is 5. The number of pyridine rings is 1. The van der Waals surface area contributed by atoms with Crippen LogP contribution in [0.25, 0.3) is 10.9 Å². The van der Waals surface area contributed by atoms with Gasteiger partial charge in [-0.05, 0) is 31.0 Å². The molecule has 7 nitrogen and oxygen atoms in total. The van der Waals surface area contributed by atoms with E-state index in [1.165, 1.54) is 6.07 Å². The summed E-state index contributed by atoms with van der Waals surface area (Å²) in [4.78, 5) is 25.2. The summed E-state index contributed by atoms with van der Waals surface area (Å²) >= 11 is 0. The largest absolute Gasteiger partial charge is 0.481 e. The van der Waals surface area contributed by atoms with Crippen molar-refractivity contribution < 1.29 is 14.8 Å². The number of nitro groups is 1. The highest BCUT2D eigenvalue weighted by Gasteiger charge is 2.14. The van der Waals surface area contributed by atoms with Crippen LogP contribution in [0.5, 0.6) is 0 Å². The van der Waals surface area contributed by atoms with Gasteiger partial charge in [-0.3, -0.25) is 19.9 Å². The van der Waals surface area contributed by atoms with E-state index in [4.69, 9.17) is 5.11 Å². The lowest BCUT2D eigenvalue weighted by Crippen LogP contribution is -2.04. The number of fused-ring (bicyclic) bond motifs is 1. The fourth-order valence-corrected chi connectivity index (χ4v) is 2.08. The lowest BCUT2D eigenvalue weighted by molar-refractivity contribution is -0.383. The smallest absolute Gasteiger partial charge is 0.303 e. The molecule has 1 aromatic heterocycles. The van der Waals surface area contributed by atoms with E-state index in [1.807, 2.05) is 0 Å². The molecule has 0 aliphatic rings. The molecule has 0 spiro atoms. The van der Waals surface area contributed by atoms with Crippen LogP contribution in [0.4, 0.5) is 11.4 Å². The van der Waals surface area contributed by atoms with Crippen LogP contribution in [0.1, 0.15) is 19.3 Å². The van der Waals surface area contributed by atoms with Gasteiger partial charge in [-0.25, -0.2) is 0 Å². The first-order valence-electron chi connectivity index (χ1n) is 6.57. The number of anilines is 1. The number of hydrogen-bond donors (Lipinski definition) is 2. The average molecular weight is 289 g/mol. The second kappa shape index (κ2) is 6.65. The summed E-state index contributed by atoms with van der Waals surface area (Å²) in [5, 5.41) is 23.2. The van der Waals surface area contributed by atoms with E-state index in [2.05, 4.69) is 10.3 Å². The van der Waals surface area contributed by atoms with E-state index in [9.17, 15) is 14.9 Å². The van der Waals surface area contributed by atoms with Crippen molar-refractivity contribution in [3.8, 4) is 0 Å². The van der Waals surface area contributed by atoms with Crippen molar-refractivity contribution in [2.24, 2.45) is 0 Å². The van der Waals surface area contributed by atoms with Gasteiger partial charge in [-0.2, -0.15) is 0 Å². The Balaban J connectivity index is 2.12. The van der Waals surface area contributed by atoms with Crippen LogP contribution >= 0.6 is 0 Å². The summed E-state index contributed by atoms with van der Waals surface area (Å²) in [7, 11) is 0. The van der Waals surface area contributed by atoms with Gasteiger partial charge in [-0.1, -0.05) is 0 Å². The molecule has 1 heterocycles. The van der Waals surface area contributed by atoms with Gasteiger partial charge >= 0.3 is 5.97 Å². The van der Waals surface area contributed by atoms with Crippen molar-refractivity contribution in [2.75, 3.05) is 11.9 Å². The number of carboxylic acids is 1. The molecule has 0 saturated heterocycles. The second-order valence-electron chi connectivity index (χ2n) is 4.57. The summed E-state index contributed by atoms with van der Waals surface area (Å²) in [5.74, 6) is -0.808. The van der Waals surface area contributed by atoms with E-state index in [-0.39, 0.29) is 12.1 Å². The minimum atomic E-state index is -0.808. The zero-order chi connectivity index (χ0) is 15.2. The number of unbranched alkanes of at least 4 members (excludes halogenated alkanes) is 1. The molecule has 0 fully saturated rings. The Kier molecular flexibility index (Phi) is 4.65. The Morgan fingerprint density at radius 2 is 2.14 bits per heavy atom. The number of carboxylic acid groups (broad SMARTS) is 1. The molecule has 0 aliphatic carbocycles. The lowest BCUT2D eigenvalue weighted by Gasteiger charge is -2.09. The molecule has 0 saturated carbocycles. The summed E-state index contributed by atoms with van der Waals surface area (Å²) < 4.78 is 0. The van der Waals surface area contributed by atoms with E-state index in [1.54, 1.807) is 24.4 Å². The molecule has 2 rings (SSSR count). The fourth-order valence-electron chi connectivity index (χ4n) is 2.08. The average Bonchev–Trinajstić information content (AvgIpc) is 2.46. The van der Waals surface area contributed by atoms with Crippen molar-refractivity contribution in [1.82, 2.24) is 4.98 Å². The Hall–Kier alpha value is -2.70. The molecule has 0 radical (unpaired) electrons. The van der Waals surface area contributed by atoms with E-state index in [0.29, 0.717) is 36.0 Å². The summed E-state index contributed by atoms with van der Waals surface area (Å²) in [6, 6.07) is 6.40. The third kappa shape index (κ3) is 3.65. The van der Waals surface area contributed by atoms with Gasteiger partial charge in [0.25, 0.3) is 5.69 Å². The van der Waals surface area contributed by atoms with Crippen LogP contribution in [0, 0.1) is 10.1 Å². The number of non-ortho nitro benzene ring substituents is 1. The fraction of sp³-hybridized carbons (Fsp3) is 0.286. The summed E-state index contributed by atoms with van der Waals surface area (Å²) in [6.07, 6.45) is 3.01. The van der Waals surface area contributed by atoms with Gasteiger partial charge in [0.05, 0.1) is 16.0 Å². The molecular formula is C14H15N3O4. The second-order valence-corrected chi connectivity index (χ2v) is 4.57. The first kappa shape index (κ1) is 14.7. The Labute approximate surface area is 120 Å². The first-order chi connectivity index (χ1) is 10.1. The highest BCUT2D eigenvalue weighted by molar-refractivity contribution is 5.96. The molecule has 2 aromatic rings. The number of carbonyl (C=O) groups is 1. The first-order valence-corrected chi connectivity index (χ1v) is 6.57. The van der Waals surface area contributed by atoms with Crippen molar-refractivity contribution in [3.05, 3.63) is 40.6 Å². The molecule has 1 aromatic carbocycles. The molecule has 0 aliphatic heterocycles. The van der Waals surface area contributed by atoms with Crippen molar-refractivity contribution >= 4 is 28.2 Å². The predicted octanol–water partition coefficient (Wildman–Crippen LogP) is 2.81. The van der Waals surface area contributed by atoms with Gasteiger partial charge in [0.2, 0.25) is 0 Å². The third-order valence-electron chi connectivity index (χ3n) is 3.08. The van der Waals surface area contributed by atoms with Crippen LogP contribution in [0.15, 0.2) is 30.5 Å². The van der Waals surface area contributed by atoms with Gasteiger partial charge in [-0.15, -0.1) is 0 Å². The highest BCUT2D eigenvalue weighted by Crippen LogP contribution is 2.29. The molecule has 0 atom stereocenters. The zero-order valence-electron chi connectivity index (χ0n) is 11.3. The lowest BCUT2D eigenvalue weighted by atomic mass is 10.1. The summed E-state index contributed by atoms with van der Waals surface area (Å²) in [6.45, 7) is 0.594. The normalized spacial score (nSPS) is 10.5. The number of aliphatic carboxylic acids is 1. The maximum absolute atomic E-state index is 11.0.